The van der Waals surface area contributed by atoms with Gasteiger partial charge in [0.15, 0.2) is 0 Å². The van der Waals surface area contributed by atoms with Gasteiger partial charge in [-0.25, -0.2) is 0 Å². The standard InChI is InChI=1S/C8H13NO/c1-5(2)8-6(3)7(4)9-10-8/h5H,1-4H3. The molecule has 1 heterocycles. The van der Waals surface area contributed by atoms with Gasteiger partial charge in [0.2, 0.25) is 0 Å². The molecule has 56 valence electrons. The van der Waals surface area contributed by atoms with Crippen LogP contribution in [0.25, 0.3) is 0 Å². The van der Waals surface area contributed by atoms with Crippen LogP contribution < -0.4 is 0 Å². The van der Waals surface area contributed by atoms with Crippen molar-refractivity contribution in [3.05, 3.63) is 17.0 Å². The van der Waals surface area contributed by atoms with Crippen molar-refractivity contribution in [3.8, 4) is 0 Å². The molecule has 0 aliphatic heterocycles. The Hall–Kier alpha value is -0.790. The molecule has 0 aromatic carbocycles. The quantitative estimate of drug-likeness (QED) is 0.597. The third-order valence-corrected chi connectivity index (χ3v) is 1.72. The zero-order valence-electron chi connectivity index (χ0n) is 6.93. The summed E-state index contributed by atoms with van der Waals surface area (Å²) in [6.07, 6.45) is 0. The lowest BCUT2D eigenvalue weighted by atomic mass is 10.1. The fraction of sp³-hybridized carbons (Fsp3) is 0.625. The van der Waals surface area contributed by atoms with Crippen molar-refractivity contribution in [1.82, 2.24) is 5.16 Å². The number of nitrogens with zero attached hydrogens (tertiary/aromatic N) is 1. The van der Waals surface area contributed by atoms with Crippen molar-refractivity contribution in [2.24, 2.45) is 0 Å². The van der Waals surface area contributed by atoms with Gasteiger partial charge in [-0.05, 0) is 13.8 Å². The molecule has 1 aromatic rings. The predicted octanol–water partition coefficient (Wildman–Crippen LogP) is 2.41. The highest BCUT2D eigenvalue weighted by Gasteiger charge is 2.10. The smallest absolute Gasteiger partial charge is 0.142 e. The van der Waals surface area contributed by atoms with Crippen LogP contribution >= 0.6 is 0 Å². The van der Waals surface area contributed by atoms with Crippen LogP contribution in [-0.4, -0.2) is 5.16 Å². The van der Waals surface area contributed by atoms with E-state index in [9.17, 15) is 0 Å². The molecule has 1 aromatic heterocycles. The number of aromatic nitrogens is 1. The lowest BCUT2D eigenvalue weighted by Crippen LogP contribution is -1.86. The van der Waals surface area contributed by atoms with Gasteiger partial charge in [-0.15, -0.1) is 0 Å². The Balaban J connectivity index is 3.05. The van der Waals surface area contributed by atoms with Crippen LogP contribution in [0.15, 0.2) is 4.52 Å². The molecule has 0 saturated heterocycles. The van der Waals surface area contributed by atoms with E-state index >= 15 is 0 Å². The van der Waals surface area contributed by atoms with Crippen molar-refractivity contribution < 1.29 is 4.52 Å². The van der Waals surface area contributed by atoms with Gasteiger partial charge in [-0.2, -0.15) is 0 Å². The van der Waals surface area contributed by atoms with Crippen molar-refractivity contribution in [2.75, 3.05) is 0 Å². The number of hydrogen-bond donors (Lipinski definition) is 0. The molecule has 2 nitrogen and oxygen atoms in total. The van der Waals surface area contributed by atoms with Gasteiger partial charge in [0.1, 0.15) is 5.76 Å². The van der Waals surface area contributed by atoms with Crippen LogP contribution in [0.4, 0.5) is 0 Å². The second kappa shape index (κ2) is 2.45. The zero-order valence-corrected chi connectivity index (χ0v) is 6.93. The highest BCUT2D eigenvalue weighted by molar-refractivity contribution is 5.21. The fourth-order valence-electron chi connectivity index (χ4n) is 0.971. The fourth-order valence-corrected chi connectivity index (χ4v) is 0.971. The van der Waals surface area contributed by atoms with E-state index in [0.717, 1.165) is 11.5 Å². The molecule has 0 N–H and O–H groups in total. The Bertz CT molecular complexity index is 225. The van der Waals surface area contributed by atoms with E-state index in [4.69, 9.17) is 4.52 Å². The molecule has 0 aliphatic rings. The molecule has 10 heavy (non-hydrogen) atoms. The lowest BCUT2D eigenvalue weighted by Gasteiger charge is -1.97. The molecule has 0 radical (unpaired) electrons. The lowest BCUT2D eigenvalue weighted by molar-refractivity contribution is 0.367. The van der Waals surface area contributed by atoms with Crippen molar-refractivity contribution >= 4 is 0 Å². The summed E-state index contributed by atoms with van der Waals surface area (Å²) in [5, 5.41) is 3.86. The van der Waals surface area contributed by atoms with Crippen molar-refractivity contribution in [1.29, 1.82) is 0 Å². The Morgan fingerprint density at radius 2 is 1.90 bits per heavy atom. The first kappa shape index (κ1) is 7.32. The summed E-state index contributed by atoms with van der Waals surface area (Å²) in [7, 11) is 0. The first-order valence-electron chi connectivity index (χ1n) is 3.55. The largest absolute Gasteiger partial charge is 0.361 e. The number of rotatable bonds is 1. The highest BCUT2D eigenvalue weighted by atomic mass is 16.5. The van der Waals surface area contributed by atoms with Gasteiger partial charge in [-0.1, -0.05) is 19.0 Å². The molecule has 1 rings (SSSR count). The van der Waals surface area contributed by atoms with Crippen molar-refractivity contribution in [2.45, 2.75) is 33.6 Å². The summed E-state index contributed by atoms with van der Waals surface area (Å²) in [6.45, 7) is 8.21. The van der Waals surface area contributed by atoms with Crippen LogP contribution in [0, 0.1) is 13.8 Å². The molecule has 0 amide bonds. The Morgan fingerprint density at radius 1 is 1.30 bits per heavy atom. The minimum absolute atomic E-state index is 0.446. The molecule has 0 atom stereocenters. The van der Waals surface area contributed by atoms with E-state index in [-0.39, 0.29) is 0 Å². The zero-order chi connectivity index (χ0) is 7.72. The molecular formula is C8H13NO. The average Bonchev–Trinajstić information content (AvgIpc) is 2.14. The molecular weight excluding hydrogens is 126 g/mol. The summed E-state index contributed by atoms with van der Waals surface area (Å²) >= 11 is 0. The van der Waals surface area contributed by atoms with Gasteiger partial charge in [0.05, 0.1) is 5.69 Å². The van der Waals surface area contributed by atoms with Gasteiger partial charge in [0.25, 0.3) is 0 Å². The maximum atomic E-state index is 5.11. The monoisotopic (exact) mass is 139 g/mol. The summed E-state index contributed by atoms with van der Waals surface area (Å²) < 4.78 is 5.11. The van der Waals surface area contributed by atoms with E-state index in [1.165, 1.54) is 5.56 Å². The minimum atomic E-state index is 0.446. The van der Waals surface area contributed by atoms with Gasteiger partial charge in [-0.3, -0.25) is 0 Å². The van der Waals surface area contributed by atoms with Crippen LogP contribution in [0.2, 0.25) is 0 Å². The van der Waals surface area contributed by atoms with E-state index in [1.54, 1.807) is 0 Å². The van der Waals surface area contributed by atoms with Crippen LogP contribution in [0.5, 0.6) is 0 Å². The molecule has 0 fully saturated rings. The van der Waals surface area contributed by atoms with Gasteiger partial charge in [0, 0.05) is 11.5 Å². The SMILES string of the molecule is Cc1noc(C(C)C)c1C. The second-order valence-corrected chi connectivity index (χ2v) is 2.91. The minimum Gasteiger partial charge on any atom is -0.361 e. The third-order valence-electron chi connectivity index (χ3n) is 1.72. The Labute approximate surface area is 61.2 Å². The third kappa shape index (κ3) is 1.06. The predicted molar refractivity (Wildman–Crippen MR) is 40.1 cm³/mol. The molecule has 2 heteroatoms. The first-order valence-corrected chi connectivity index (χ1v) is 3.55. The highest BCUT2D eigenvalue weighted by Crippen LogP contribution is 2.20. The summed E-state index contributed by atoms with van der Waals surface area (Å²) in [5.41, 5.74) is 2.19. The molecule has 0 spiro atoms. The summed E-state index contributed by atoms with van der Waals surface area (Å²) in [6, 6.07) is 0. The Morgan fingerprint density at radius 3 is 2.10 bits per heavy atom. The maximum Gasteiger partial charge on any atom is 0.142 e. The van der Waals surface area contributed by atoms with E-state index in [1.807, 2.05) is 13.8 Å². The van der Waals surface area contributed by atoms with E-state index < -0.39 is 0 Å². The topological polar surface area (TPSA) is 26.0 Å². The Kier molecular flexibility index (Phi) is 1.79. The second-order valence-electron chi connectivity index (χ2n) is 2.91. The molecule has 0 saturated carbocycles. The number of hydrogen-bond acceptors (Lipinski definition) is 2. The average molecular weight is 139 g/mol. The van der Waals surface area contributed by atoms with Gasteiger partial charge < -0.3 is 4.52 Å². The van der Waals surface area contributed by atoms with E-state index in [2.05, 4.69) is 19.0 Å². The van der Waals surface area contributed by atoms with Crippen LogP contribution in [-0.2, 0) is 0 Å². The normalized spacial score (nSPS) is 10.9. The molecule has 0 aliphatic carbocycles. The first-order chi connectivity index (χ1) is 4.63. The molecule has 0 bridgehead atoms. The summed E-state index contributed by atoms with van der Waals surface area (Å²) in [4.78, 5) is 0. The van der Waals surface area contributed by atoms with Crippen LogP contribution in [0.1, 0.15) is 36.8 Å². The molecule has 0 unspecified atom stereocenters. The van der Waals surface area contributed by atoms with Crippen LogP contribution in [0.3, 0.4) is 0 Å². The number of aryl methyl sites for hydroxylation is 1. The van der Waals surface area contributed by atoms with Crippen molar-refractivity contribution in [3.63, 3.8) is 0 Å². The van der Waals surface area contributed by atoms with E-state index in [0.29, 0.717) is 5.92 Å². The maximum absolute atomic E-state index is 5.11. The summed E-state index contributed by atoms with van der Waals surface area (Å²) in [5.74, 6) is 1.46. The van der Waals surface area contributed by atoms with Gasteiger partial charge >= 0.3 is 0 Å².